The third kappa shape index (κ3) is 3.70. The fraction of sp³-hybridized carbons (Fsp3) is 0.200. The molecule has 0 aliphatic rings. The Hall–Kier alpha value is -1.55. The predicted octanol–water partition coefficient (Wildman–Crippen LogP) is 4.39. The van der Waals surface area contributed by atoms with Crippen LogP contribution in [0.3, 0.4) is 0 Å². The molecule has 0 fully saturated rings. The normalized spacial score (nSPS) is 10.3. The van der Waals surface area contributed by atoms with Crippen LogP contribution in [0.5, 0.6) is 5.75 Å². The van der Waals surface area contributed by atoms with Crippen molar-refractivity contribution in [3.63, 3.8) is 0 Å². The summed E-state index contributed by atoms with van der Waals surface area (Å²) in [5.41, 5.74) is 1.59. The van der Waals surface area contributed by atoms with E-state index in [1.165, 1.54) is 0 Å². The van der Waals surface area contributed by atoms with E-state index in [0.29, 0.717) is 24.5 Å². The number of benzene rings is 2. The highest BCUT2D eigenvalue weighted by Crippen LogP contribution is 2.21. The number of ether oxygens (including phenoxy) is 1. The molecule has 2 nitrogen and oxygen atoms in total. The molecule has 0 spiro atoms. The average molecular weight is 324 g/mol. The average Bonchev–Trinajstić information content (AvgIpc) is 2.41. The Morgan fingerprint density at radius 2 is 1.95 bits per heavy atom. The molecular weight excluding hydrogens is 309 g/mol. The van der Waals surface area contributed by atoms with E-state index in [-0.39, 0.29) is 5.82 Å². The van der Waals surface area contributed by atoms with E-state index in [1.807, 2.05) is 24.3 Å². The highest BCUT2D eigenvalue weighted by Gasteiger charge is 2.05. The largest absolute Gasteiger partial charge is 0.489 e. The number of hydrogen-bond donors (Lipinski definition) is 1. The number of para-hydroxylation sites is 1. The summed E-state index contributed by atoms with van der Waals surface area (Å²) in [6.07, 6.45) is 0. The van der Waals surface area contributed by atoms with Crippen molar-refractivity contribution in [3.05, 3.63) is 58.3 Å². The van der Waals surface area contributed by atoms with Crippen molar-refractivity contribution in [2.24, 2.45) is 0 Å². The monoisotopic (exact) mass is 323 g/mol. The van der Waals surface area contributed by atoms with Crippen LogP contribution < -0.4 is 10.1 Å². The maximum absolute atomic E-state index is 13.7. The SMILES string of the molecule is Cc1cccc(OCCNc2ccccc2Br)c1F. The molecule has 0 atom stereocenters. The maximum atomic E-state index is 13.7. The molecule has 2 aromatic rings. The highest BCUT2D eigenvalue weighted by atomic mass is 79.9. The van der Waals surface area contributed by atoms with E-state index in [9.17, 15) is 4.39 Å². The Kier molecular flexibility index (Phi) is 4.80. The quantitative estimate of drug-likeness (QED) is 0.824. The van der Waals surface area contributed by atoms with E-state index < -0.39 is 0 Å². The summed E-state index contributed by atoms with van der Waals surface area (Å²) in [7, 11) is 0. The van der Waals surface area contributed by atoms with Gasteiger partial charge in [-0.15, -0.1) is 0 Å². The van der Waals surface area contributed by atoms with Gasteiger partial charge in [0.15, 0.2) is 11.6 Å². The Balaban J connectivity index is 1.84. The lowest BCUT2D eigenvalue weighted by Gasteiger charge is -2.11. The number of nitrogens with one attached hydrogen (secondary N) is 1. The third-order valence-corrected chi connectivity index (χ3v) is 3.40. The number of aryl methyl sites for hydroxylation is 1. The second-order valence-electron chi connectivity index (χ2n) is 4.14. The van der Waals surface area contributed by atoms with E-state index >= 15 is 0 Å². The van der Waals surface area contributed by atoms with Crippen LogP contribution in [-0.4, -0.2) is 13.2 Å². The second-order valence-corrected chi connectivity index (χ2v) is 5.00. The van der Waals surface area contributed by atoms with Crippen LogP contribution in [0.2, 0.25) is 0 Å². The van der Waals surface area contributed by atoms with Crippen molar-refractivity contribution >= 4 is 21.6 Å². The fourth-order valence-corrected chi connectivity index (χ4v) is 2.11. The highest BCUT2D eigenvalue weighted by molar-refractivity contribution is 9.10. The number of anilines is 1. The van der Waals surface area contributed by atoms with Crippen LogP contribution in [0.4, 0.5) is 10.1 Å². The number of halogens is 2. The summed E-state index contributed by atoms with van der Waals surface area (Å²) in [4.78, 5) is 0. The smallest absolute Gasteiger partial charge is 0.167 e. The first-order chi connectivity index (χ1) is 9.18. The van der Waals surface area contributed by atoms with Gasteiger partial charge in [0.2, 0.25) is 0 Å². The molecule has 19 heavy (non-hydrogen) atoms. The summed E-state index contributed by atoms with van der Waals surface area (Å²) < 4.78 is 20.1. The van der Waals surface area contributed by atoms with Gasteiger partial charge in [0, 0.05) is 16.7 Å². The summed E-state index contributed by atoms with van der Waals surface area (Å²) in [6.45, 7) is 2.74. The Morgan fingerprint density at radius 1 is 1.16 bits per heavy atom. The van der Waals surface area contributed by atoms with Gasteiger partial charge >= 0.3 is 0 Å². The lowest BCUT2D eigenvalue weighted by atomic mass is 10.2. The standard InChI is InChI=1S/C15H15BrFNO/c1-11-5-4-8-14(15(11)17)19-10-9-18-13-7-3-2-6-12(13)16/h2-8,18H,9-10H2,1H3. The minimum atomic E-state index is -0.289. The molecule has 0 bridgehead atoms. The van der Waals surface area contributed by atoms with Crippen molar-refractivity contribution in [2.75, 3.05) is 18.5 Å². The molecule has 1 N–H and O–H groups in total. The molecule has 0 heterocycles. The molecule has 100 valence electrons. The van der Waals surface area contributed by atoms with Crippen LogP contribution in [0.15, 0.2) is 46.9 Å². The zero-order chi connectivity index (χ0) is 13.7. The molecule has 0 aliphatic heterocycles. The lowest BCUT2D eigenvalue weighted by Crippen LogP contribution is -2.12. The summed E-state index contributed by atoms with van der Waals surface area (Å²) in [5, 5.41) is 3.22. The molecular formula is C15H15BrFNO. The van der Waals surface area contributed by atoms with Gasteiger partial charge in [-0.3, -0.25) is 0 Å². The van der Waals surface area contributed by atoms with Gasteiger partial charge in [0.1, 0.15) is 6.61 Å². The first-order valence-corrected chi connectivity index (χ1v) is 6.84. The van der Waals surface area contributed by atoms with Gasteiger partial charge in [-0.1, -0.05) is 24.3 Å². The zero-order valence-corrected chi connectivity index (χ0v) is 12.2. The van der Waals surface area contributed by atoms with E-state index in [1.54, 1.807) is 25.1 Å². The van der Waals surface area contributed by atoms with Gasteiger partial charge in [0.25, 0.3) is 0 Å². The van der Waals surface area contributed by atoms with E-state index in [2.05, 4.69) is 21.2 Å². The van der Waals surface area contributed by atoms with Crippen molar-refractivity contribution in [3.8, 4) is 5.75 Å². The Morgan fingerprint density at radius 3 is 2.74 bits per heavy atom. The van der Waals surface area contributed by atoms with Gasteiger partial charge in [0.05, 0.1) is 0 Å². The molecule has 0 radical (unpaired) electrons. The van der Waals surface area contributed by atoms with Gasteiger partial charge in [-0.05, 0) is 46.6 Å². The number of hydrogen-bond acceptors (Lipinski definition) is 2. The van der Waals surface area contributed by atoms with Crippen molar-refractivity contribution in [2.45, 2.75) is 6.92 Å². The lowest BCUT2D eigenvalue weighted by molar-refractivity contribution is 0.314. The maximum Gasteiger partial charge on any atom is 0.167 e. The summed E-state index contributed by atoms with van der Waals surface area (Å²) in [6, 6.07) is 13.0. The molecule has 0 unspecified atom stereocenters. The predicted molar refractivity (Wildman–Crippen MR) is 79.3 cm³/mol. The van der Waals surface area contributed by atoms with E-state index in [4.69, 9.17) is 4.74 Å². The van der Waals surface area contributed by atoms with E-state index in [0.717, 1.165) is 10.2 Å². The summed E-state index contributed by atoms with van der Waals surface area (Å²) in [5.74, 6) is 0.0114. The van der Waals surface area contributed by atoms with Crippen LogP contribution in [0.1, 0.15) is 5.56 Å². The second kappa shape index (κ2) is 6.57. The van der Waals surface area contributed by atoms with Crippen molar-refractivity contribution in [1.29, 1.82) is 0 Å². The Labute approximate surface area is 120 Å². The molecule has 2 rings (SSSR count). The fourth-order valence-electron chi connectivity index (χ4n) is 1.68. The topological polar surface area (TPSA) is 21.3 Å². The van der Waals surface area contributed by atoms with Crippen LogP contribution in [-0.2, 0) is 0 Å². The zero-order valence-electron chi connectivity index (χ0n) is 10.6. The van der Waals surface area contributed by atoms with Crippen molar-refractivity contribution in [1.82, 2.24) is 0 Å². The minimum Gasteiger partial charge on any atom is -0.489 e. The van der Waals surface area contributed by atoms with Crippen LogP contribution in [0.25, 0.3) is 0 Å². The van der Waals surface area contributed by atoms with Crippen molar-refractivity contribution < 1.29 is 9.13 Å². The third-order valence-electron chi connectivity index (χ3n) is 2.71. The van der Waals surface area contributed by atoms with Crippen LogP contribution >= 0.6 is 15.9 Å². The molecule has 0 saturated heterocycles. The molecule has 4 heteroatoms. The first-order valence-electron chi connectivity index (χ1n) is 6.05. The van der Waals surface area contributed by atoms with Gasteiger partial charge in [-0.2, -0.15) is 0 Å². The molecule has 0 amide bonds. The number of rotatable bonds is 5. The first kappa shape index (κ1) is 13.9. The Bertz CT molecular complexity index is 560. The molecule has 0 saturated carbocycles. The minimum absolute atomic E-state index is 0.289. The molecule has 2 aromatic carbocycles. The molecule has 0 aliphatic carbocycles. The van der Waals surface area contributed by atoms with Gasteiger partial charge < -0.3 is 10.1 Å². The van der Waals surface area contributed by atoms with Crippen LogP contribution in [0, 0.1) is 12.7 Å². The molecule has 0 aromatic heterocycles. The summed E-state index contributed by atoms with van der Waals surface area (Å²) >= 11 is 3.45. The van der Waals surface area contributed by atoms with Gasteiger partial charge in [-0.25, -0.2) is 4.39 Å².